The molecule has 0 bridgehead atoms. The highest BCUT2D eigenvalue weighted by molar-refractivity contribution is 4.95. The summed E-state index contributed by atoms with van der Waals surface area (Å²) in [5.41, 5.74) is -0.157. The van der Waals surface area contributed by atoms with E-state index in [9.17, 15) is 5.11 Å². The van der Waals surface area contributed by atoms with Crippen LogP contribution in [0.3, 0.4) is 0 Å². The van der Waals surface area contributed by atoms with Gasteiger partial charge in [0.15, 0.2) is 0 Å². The van der Waals surface area contributed by atoms with Crippen molar-refractivity contribution in [2.24, 2.45) is 0 Å². The molecule has 1 saturated carbocycles. The van der Waals surface area contributed by atoms with Gasteiger partial charge in [0, 0.05) is 25.7 Å². The minimum absolute atomic E-state index is 0.157. The first-order chi connectivity index (χ1) is 8.65. The molecule has 1 saturated heterocycles. The standard InChI is InChI=1S/C14H28N2O2/c1-3-18-13-5-4-8-16(9-13)10-14(2,11-17)15-12-6-7-12/h12-13,15,17H,3-11H2,1-2H3. The Morgan fingerprint density at radius 3 is 2.78 bits per heavy atom. The molecule has 0 aromatic carbocycles. The molecule has 18 heavy (non-hydrogen) atoms. The van der Waals surface area contributed by atoms with Gasteiger partial charge in [-0.05, 0) is 46.1 Å². The Bertz CT molecular complexity index is 256. The first kappa shape index (κ1) is 14.3. The third-order valence-corrected chi connectivity index (χ3v) is 3.92. The van der Waals surface area contributed by atoms with Crippen molar-refractivity contribution in [2.75, 3.05) is 32.8 Å². The SMILES string of the molecule is CCOC1CCCN(CC(C)(CO)NC2CC2)C1. The predicted molar refractivity (Wildman–Crippen MR) is 72.7 cm³/mol. The molecule has 1 heterocycles. The quantitative estimate of drug-likeness (QED) is 0.713. The summed E-state index contributed by atoms with van der Waals surface area (Å²) in [6.45, 7) is 8.27. The molecular formula is C14H28N2O2. The number of likely N-dealkylation sites (tertiary alicyclic amines) is 1. The molecule has 2 unspecified atom stereocenters. The largest absolute Gasteiger partial charge is 0.394 e. The molecule has 4 nitrogen and oxygen atoms in total. The van der Waals surface area contributed by atoms with Crippen molar-refractivity contribution in [1.29, 1.82) is 0 Å². The molecule has 1 aliphatic heterocycles. The Balaban J connectivity index is 1.81. The lowest BCUT2D eigenvalue weighted by Gasteiger charge is -2.39. The van der Waals surface area contributed by atoms with Gasteiger partial charge in [-0.3, -0.25) is 4.90 Å². The number of nitrogens with one attached hydrogen (secondary N) is 1. The average molecular weight is 256 g/mol. The third-order valence-electron chi connectivity index (χ3n) is 3.92. The van der Waals surface area contributed by atoms with Gasteiger partial charge in [0.1, 0.15) is 0 Å². The minimum atomic E-state index is -0.157. The van der Waals surface area contributed by atoms with Crippen LogP contribution in [0.1, 0.15) is 39.5 Å². The number of hydrogen-bond donors (Lipinski definition) is 2. The van der Waals surface area contributed by atoms with Gasteiger partial charge in [-0.1, -0.05) is 0 Å². The van der Waals surface area contributed by atoms with Crippen LogP contribution in [-0.2, 0) is 4.74 Å². The lowest BCUT2D eigenvalue weighted by atomic mass is 10.00. The van der Waals surface area contributed by atoms with E-state index in [4.69, 9.17) is 4.74 Å². The molecule has 0 aromatic rings. The Labute approximate surface area is 111 Å². The van der Waals surface area contributed by atoms with Crippen molar-refractivity contribution in [1.82, 2.24) is 10.2 Å². The second kappa shape index (κ2) is 6.33. The lowest BCUT2D eigenvalue weighted by Crippen LogP contribution is -2.56. The van der Waals surface area contributed by atoms with E-state index in [0.717, 1.165) is 26.2 Å². The Hall–Kier alpha value is -0.160. The Morgan fingerprint density at radius 1 is 1.39 bits per heavy atom. The van der Waals surface area contributed by atoms with Crippen molar-refractivity contribution in [3.05, 3.63) is 0 Å². The van der Waals surface area contributed by atoms with Crippen LogP contribution in [0.2, 0.25) is 0 Å². The third kappa shape index (κ3) is 4.19. The second-order valence-corrected chi connectivity index (χ2v) is 6.09. The molecule has 2 N–H and O–H groups in total. The summed E-state index contributed by atoms with van der Waals surface area (Å²) in [6.07, 6.45) is 5.28. The Morgan fingerprint density at radius 2 is 2.17 bits per heavy atom. The van der Waals surface area contributed by atoms with E-state index >= 15 is 0 Å². The number of ether oxygens (including phenoxy) is 1. The topological polar surface area (TPSA) is 44.7 Å². The van der Waals surface area contributed by atoms with Crippen LogP contribution in [0.25, 0.3) is 0 Å². The highest BCUT2D eigenvalue weighted by Crippen LogP contribution is 2.24. The summed E-state index contributed by atoms with van der Waals surface area (Å²) in [5, 5.41) is 13.2. The fraction of sp³-hybridized carbons (Fsp3) is 1.00. The summed E-state index contributed by atoms with van der Waals surface area (Å²) in [6, 6.07) is 0.634. The number of piperidine rings is 1. The Kier molecular flexibility index (Phi) is 5.01. The van der Waals surface area contributed by atoms with Gasteiger partial charge in [0.05, 0.1) is 18.2 Å². The van der Waals surface area contributed by atoms with Crippen LogP contribution < -0.4 is 5.32 Å². The first-order valence-corrected chi connectivity index (χ1v) is 7.38. The molecule has 2 rings (SSSR count). The van der Waals surface area contributed by atoms with Crippen LogP contribution in [0.4, 0.5) is 0 Å². The number of nitrogens with zero attached hydrogens (tertiary/aromatic N) is 1. The van der Waals surface area contributed by atoms with Gasteiger partial charge >= 0.3 is 0 Å². The average Bonchev–Trinajstić information content (AvgIpc) is 3.13. The lowest BCUT2D eigenvalue weighted by molar-refractivity contribution is -0.00549. The minimum Gasteiger partial charge on any atom is -0.394 e. The van der Waals surface area contributed by atoms with Crippen molar-refractivity contribution in [2.45, 2.75) is 57.2 Å². The van der Waals surface area contributed by atoms with E-state index < -0.39 is 0 Å². The summed E-state index contributed by atoms with van der Waals surface area (Å²) in [5.74, 6) is 0. The summed E-state index contributed by atoms with van der Waals surface area (Å²) < 4.78 is 5.73. The van der Waals surface area contributed by atoms with Gasteiger partial charge in [0.2, 0.25) is 0 Å². The fourth-order valence-electron chi connectivity index (χ4n) is 2.88. The zero-order valence-corrected chi connectivity index (χ0v) is 11.8. The van der Waals surface area contributed by atoms with E-state index in [1.807, 2.05) is 0 Å². The van der Waals surface area contributed by atoms with Gasteiger partial charge < -0.3 is 15.2 Å². The summed E-state index contributed by atoms with van der Waals surface area (Å²) >= 11 is 0. The van der Waals surface area contributed by atoms with Crippen LogP contribution in [0.5, 0.6) is 0 Å². The van der Waals surface area contributed by atoms with Crippen LogP contribution >= 0.6 is 0 Å². The summed E-state index contributed by atoms with van der Waals surface area (Å²) in [4.78, 5) is 2.44. The molecule has 4 heteroatoms. The van der Waals surface area contributed by atoms with Crippen molar-refractivity contribution in [3.8, 4) is 0 Å². The molecular weight excluding hydrogens is 228 g/mol. The number of hydrogen-bond acceptors (Lipinski definition) is 4. The van der Waals surface area contributed by atoms with Crippen molar-refractivity contribution < 1.29 is 9.84 Å². The number of aliphatic hydroxyl groups excluding tert-OH is 1. The van der Waals surface area contributed by atoms with E-state index in [1.54, 1.807) is 0 Å². The van der Waals surface area contributed by atoms with Crippen LogP contribution in [-0.4, -0.2) is 60.5 Å². The van der Waals surface area contributed by atoms with E-state index in [2.05, 4.69) is 24.1 Å². The number of aliphatic hydroxyl groups is 1. The smallest absolute Gasteiger partial charge is 0.0702 e. The fourth-order valence-corrected chi connectivity index (χ4v) is 2.88. The van der Waals surface area contributed by atoms with Crippen LogP contribution in [0.15, 0.2) is 0 Å². The van der Waals surface area contributed by atoms with Gasteiger partial charge in [-0.15, -0.1) is 0 Å². The van der Waals surface area contributed by atoms with Gasteiger partial charge in [-0.2, -0.15) is 0 Å². The molecule has 0 aromatic heterocycles. The first-order valence-electron chi connectivity index (χ1n) is 7.38. The van der Waals surface area contributed by atoms with E-state index in [1.165, 1.54) is 25.7 Å². The normalized spacial score (nSPS) is 29.2. The molecule has 1 aliphatic carbocycles. The van der Waals surface area contributed by atoms with Gasteiger partial charge in [-0.25, -0.2) is 0 Å². The highest BCUT2D eigenvalue weighted by Gasteiger charge is 2.34. The maximum atomic E-state index is 9.64. The van der Waals surface area contributed by atoms with Crippen LogP contribution in [0, 0.1) is 0 Å². The molecule has 2 fully saturated rings. The predicted octanol–water partition coefficient (Wildman–Crippen LogP) is 0.990. The van der Waals surface area contributed by atoms with E-state index in [0.29, 0.717) is 12.1 Å². The van der Waals surface area contributed by atoms with Crippen molar-refractivity contribution >= 4 is 0 Å². The number of rotatable bonds is 7. The second-order valence-electron chi connectivity index (χ2n) is 6.09. The van der Waals surface area contributed by atoms with Crippen molar-refractivity contribution in [3.63, 3.8) is 0 Å². The van der Waals surface area contributed by atoms with Gasteiger partial charge in [0.25, 0.3) is 0 Å². The molecule has 106 valence electrons. The molecule has 0 amide bonds. The molecule has 2 atom stereocenters. The zero-order valence-electron chi connectivity index (χ0n) is 11.8. The monoisotopic (exact) mass is 256 g/mol. The van der Waals surface area contributed by atoms with E-state index in [-0.39, 0.29) is 12.1 Å². The molecule has 0 radical (unpaired) electrons. The molecule has 2 aliphatic rings. The highest BCUT2D eigenvalue weighted by atomic mass is 16.5. The molecule has 0 spiro atoms. The zero-order chi connectivity index (χ0) is 13.0. The maximum Gasteiger partial charge on any atom is 0.0702 e. The maximum absolute atomic E-state index is 9.64. The summed E-state index contributed by atoms with van der Waals surface area (Å²) in [7, 11) is 0.